The molecule has 0 saturated carbocycles. The average molecular weight is 352 g/mol. The molecular weight excluding hydrogens is 332 g/mol. The smallest absolute Gasteiger partial charge is 0.337 e. The van der Waals surface area contributed by atoms with E-state index < -0.39 is 0 Å². The Kier molecular flexibility index (Phi) is 5.87. The Hall–Kier alpha value is -3.57. The summed E-state index contributed by atoms with van der Waals surface area (Å²) in [4.78, 5) is 11.4. The maximum absolute atomic E-state index is 11.4. The molecule has 3 aromatic rings. The first kappa shape index (κ1) is 18.2. The van der Waals surface area contributed by atoms with Crippen LogP contribution < -0.4 is 0 Å². The first-order chi connectivity index (χ1) is 13.2. The molecule has 0 atom stereocenters. The van der Waals surface area contributed by atoms with Gasteiger partial charge in [-0.2, -0.15) is 0 Å². The second-order valence-electron chi connectivity index (χ2n) is 6.12. The Morgan fingerprint density at radius 1 is 0.926 bits per heavy atom. The van der Waals surface area contributed by atoms with Gasteiger partial charge >= 0.3 is 5.97 Å². The van der Waals surface area contributed by atoms with Gasteiger partial charge in [-0.3, -0.25) is 0 Å². The standard InChI is InChI=1S/C25H20O2/c1-19-11-15-22(16-12-19)24-10-6-5-9-21(24)8-4-3-7-20-13-17-23(18-14-20)25(26)27-2/h4-6,8-18H,1-2H3. The van der Waals surface area contributed by atoms with E-state index in [1.165, 1.54) is 23.8 Å². The second-order valence-corrected chi connectivity index (χ2v) is 6.12. The number of carbonyl (C=O) groups is 1. The molecule has 2 nitrogen and oxygen atoms in total. The third-order valence-corrected chi connectivity index (χ3v) is 4.19. The summed E-state index contributed by atoms with van der Waals surface area (Å²) in [5.41, 5.74) is 6.10. The minimum atomic E-state index is -0.345. The monoisotopic (exact) mass is 352 g/mol. The lowest BCUT2D eigenvalue weighted by atomic mass is 9.98. The molecular formula is C25H20O2. The number of ether oxygens (including phenoxy) is 1. The molecule has 0 aromatic heterocycles. The third kappa shape index (κ3) is 4.74. The summed E-state index contributed by atoms with van der Waals surface area (Å²) in [7, 11) is 1.37. The molecule has 0 bridgehead atoms. The Bertz CT molecular complexity index is 1010. The van der Waals surface area contributed by atoms with E-state index in [0.717, 1.165) is 11.1 Å². The van der Waals surface area contributed by atoms with Crippen molar-refractivity contribution in [3.8, 4) is 23.0 Å². The van der Waals surface area contributed by atoms with Crippen LogP contribution in [0.4, 0.5) is 0 Å². The van der Waals surface area contributed by atoms with Crippen molar-refractivity contribution in [3.63, 3.8) is 0 Å². The molecule has 0 aliphatic heterocycles. The lowest BCUT2D eigenvalue weighted by Crippen LogP contribution is -2.00. The second kappa shape index (κ2) is 8.69. The quantitative estimate of drug-likeness (QED) is 0.459. The van der Waals surface area contributed by atoms with E-state index in [1.54, 1.807) is 12.1 Å². The number of methoxy groups -OCH3 is 1. The van der Waals surface area contributed by atoms with Crippen molar-refractivity contribution in [1.29, 1.82) is 0 Å². The minimum absolute atomic E-state index is 0.345. The number of aryl methyl sites for hydroxylation is 1. The number of esters is 1. The Balaban J connectivity index is 1.77. The molecule has 0 unspecified atom stereocenters. The van der Waals surface area contributed by atoms with Crippen LogP contribution >= 0.6 is 0 Å². The van der Waals surface area contributed by atoms with E-state index >= 15 is 0 Å². The molecule has 0 N–H and O–H groups in total. The number of carbonyl (C=O) groups excluding carboxylic acids is 1. The van der Waals surface area contributed by atoms with Crippen LogP contribution in [-0.2, 0) is 4.74 Å². The molecule has 132 valence electrons. The van der Waals surface area contributed by atoms with Crippen molar-refractivity contribution < 1.29 is 9.53 Å². The molecule has 2 heteroatoms. The van der Waals surface area contributed by atoms with Crippen LogP contribution in [0.5, 0.6) is 0 Å². The van der Waals surface area contributed by atoms with Crippen LogP contribution in [0.3, 0.4) is 0 Å². The number of hydrogen-bond donors (Lipinski definition) is 0. The number of hydrogen-bond acceptors (Lipinski definition) is 2. The van der Waals surface area contributed by atoms with Gasteiger partial charge in [0.25, 0.3) is 0 Å². The van der Waals surface area contributed by atoms with Crippen molar-refractivity contribution in [2.24, 2.45) is 0 Å². The molecule has 0 radical (unpaired) electrons. The molecule has 0 aliphatic rings. The maximum Gasteiger partial charge on any atom is 0.337 e. The summed E-state index contributed by atoms with van der Waals surface area (Å²) in [5, 5.41) is 0. The minimum Gasteiger partial charge on any atom is -0.465 e. The average Bonchev–Trinajstić information content (AvgIpc) is 2.72. The van der Waals surface area contributed by atoms with Crippen molar-refractivity contribution in [1.82, 2.24) is 0 Å². The van der Waals surface area contributed by atoms with Gasteiger partial charge in [0.05, 0.1) is 12.7 Å². The highest BCUT2D eigenvalue weighted by molar-refractivity contribution is 5.89. The van der Waals surface area contributed by atoms with Gasteiger partial charge in [0, 0.05) is 5.56 Å². The van der Waals surface area contributed by atoms with E-state index in [4.69, 9.17) is 4.74 Å². The van der Waals surface area contributed by atoms with Crippen molar-refractivity contribution in [2.75, 3.05) is 7.11 Å². The van der Waals surface area contributed by atoms with Crippen molar-refractivity contribution >= 4 is 12.0 Å². The number of benzene rings is 3. The molecule has 27 heavy (non-hydrogen) atoms. The molecule has 0 amide bonds. The molecule has 0 heterocycles. The molecule has 0 spiro atoms. The van der Waals surface area contributed by atoms with Gasteiger partial charge in [0.15, 0.2) is 0 Å². The van der Waals surface area contributed by atoms with Gasteiger partial charge in [-0.1, -0.05) is 65.9 Å². The first-order valence-electron chi connectivity index (χ1n) is 8.70. The summed E-state index contributed by atoms with van der Waals surface area (Å²) in [6.45, 7) is 2.09. The highest BCUT2D eigenvalue weighted by atomic mass is 16.5. The van der Waals surface area contributed by atoms with Gasteiger partial charge in [-0.15, -0.1) is 0 Å². The summed E-state index contributed by atoms with van der Waals surface area (Å²) in [6, 6.07) is 23.8. The highest BCUT2D eigenvalue weighted by Crippen LogP contribution is 2.24. The normalized spacial score (nSPS) is 10.3. The molecule has 0 saturated heterocycles. The molecule has 0 aliphatic carbocycles. The van der Waals surface area contributed by atoms with E-state index in [2.05, 4.69) is 55.2 Å². The Morgan fingerprint density at radius 2 is 1.63 bits per heavy atom. The van der Waals surface area contributed by atoms with Crippen LogP contribution in [0.15, 0.2) is 78.9 Å². The predicted octanol–water partition coefficient (Wildman–Crippen LogP) is 5.51. The first-order valence-corrected chi connectivity index (χ1v) is 8.70. The fourth-order valence-corrected chi connectivity index (χ4v) is 2.70. The van der Waals surface area contributed by atoms with E-state index in [9.17, 15) is 4.79 Å². The van der Waals surface area contributed by atoms with Crippen LogP contribution in [-0.4, -0.2) is 13.1 Å². The van der Waals surface area contributed by atoms with Gasteiger partial charge in [0.2, 0.25) is 0 Å². The molecule has 3 aromatic carbocycles. The van der Waals surface area contributed by atoms with Crippen molar-refractivity contribution in [3.05, 3.63) is 101 Å². The van der Waals surface area contributed by atoms with E-state index in [0.29, 0.717) is 5.56 Å². The largest absolute Gasteiger partial charge is 0.465 e. The molecule has 0 fully saturated rings. The predicted molar refractivity (Wildman–Crippen MR) is 110 cm³/mol. The van der Waals surface area contributed by atoms with Gasteiger partial charge < -0.3 is 4.74 Å². The Morgan fingerprint density at radius 3 is 2.33 bits per heavy atom. The summed E-state index contributed by atoms with van der Waals surface area (Å²) in [5.74, 6) is 5.79. The van der Waals surface area contributed by atoms with E-state index in [-0.39, 0.29) is 5.97 Å². The highest BCUT2D eigenvalue weighted by Gasteiger charge is 2.03. The maximum atomic E-state index is 11.4. The van der Waals surface area contributed by atoms with Crippen molar-refractivity contribution in [2.45, 2.75) is 6.92 Å². The number of rotatable bonds is 3. The lowest BCUT2D eigenvalue weighted by molar-refractivity contribution is 0.0600. The van der Waals surface area contributed by atoms with E-state index in [1.807, 2.05) is 36.4 Å². The van der Waals surface area contributed by atoms with Crippen LogP contribution in [0.1, 0.15) is 27.0 Å². The van der Waals surface area contributed by atoms with Crippen LogP contribution in [0.2, 0.25) is 0 Å². The fraction of sp³-hybridized carbons (Fsp3) is 0.0800. The summed E-state index contributed by atoms with van der Waals surface area (Å²) >= 11 is 0. The zero-order valence-corrected chi connectivity index (χ0v) is 15.4. The van der Waals surface area contributed by atoms with Gasteiger partial charge in [-0.05, 0) is 60.0 Å². The summed E-state index contributed by atoms with van der Waals surface area (Å²) < 4.78 is 4.69. The summed E-state index contributed by atoms with van der Waals surface area (Å²) in [6.07, 6.45) is 3.87. The Labute approximate surface area is 160 Å². The van der Waals surface area contributed by atoms with Crippen LogP contribution in [0.25, 0.3) is 17.2 Å². The zero-order valence-electron chi connectivity index (χ0n) is 15.4. The number of allylic oxidation sites excluding steroid dienone is 1. The third-order valence-electron chi connectivity index (χ3n) is 4.19. The SMILES string of the molecule is COC(=O)c1ccc(C#CC=Cc2ccccc2-c2ccc(C)cc2)cc1. The zero-order chi connectivity index (χ0) is 19.1. The lowest BCUT2D eigenvalue weighted by Gasteiger charge is -2.06. The molecule has 3 rings (SSSR count). The van der Waals surface area contributed by atoms with Gasteiger partial charge in [0.1, 0.15) is 0 Å². The van der Waals surface area contributed by atoms with Gasteiger partial charge in [-0.25, -0.2) is 4.79 Å². The fourth-order valence-electron chi connectivity index (χ4n) is 2.70. The topological polar surface area (TPSA) is 26.3 Å². The van der Waals surface area contributed by atoms with Crippen LogP contribution in [0, 0.1) is 18.8 Å².